The van der Waals surface area contributed by atoms with Crippen LogP contribution >= 0.6 is 0 Å². The number of hydrogen-bond acceptors (Lipinski definition) is 4. The predicted octanol–water partition coefficient (Wildman–Crippen LogP) is 6.15. The summed E-state index contributed by atoms with van der Waals surface area (Å²) in [4.78, 5) is 17.3. The molecule has 0 bridgehead atoms. The fraction of sp³-hybridized carbons (Fsp3) is 0.200. The van der Waals surface area contributed by atoms with Crippen molar-refractivity contribution in [2.75, 3.05) is 11.9 Å². The van der Waals surface area contributed by atoms with E-state index in [0.29, 0.717) is 40.6 Å². The third-order valence-corrected chi connectivity index (χ3v) is 4.68. The maximum Gasteiger partial charge on any atom is 0.255 e. The van der Waals surface area contributed by atoms with Crippen LogP contribution in [0, 0.1) is 13.8 Å². The van der Waals surface area contributed by atoms with E-state index in [1.165, 1.54) is 0 Å². The number of oxazole rings is 1. The van der Waals surface area contributed by atoms with Gasteiger partial charge in [0.15, 0.2) is 5.58 Å². The molecule has 0 fully saturated rings. The van der Waals surface area contributed by atoms with Gasteiger partial charge in [-0.1, -0.05) is 30.2 Å². The van der Waals surface area contributed by atoms with Crippen molar-refractivity contribution in [3.63, 3.8) is 0 Å². The highest BCUT2D eigenvalue weighted by Crippen LogP contribution is 2.28. The van der Waals surface area contributed by atoms with Gasteiger partial charge in [0, 0.05) is 16.8 Å². The summed E-state index contributed by atoms with van der Waals surface area (Å²) in [5.74, 6) is 1.06. The number of amides is 1. The molecule has 0 unspecified atom stereocenters. The summed E-state index contributed by atoms with van der Waals surface area (Å²) in [5.41, 5.74) is 5.83. The lowest BCUT2D eigenvalue weighted by molar-refractivity contribution is 0.102. The highest BCUT2D eigenvalue weighted by molar-refractivity contribution is 6.05. The van der Waals surface area contributed by atoms with Crippen molar-refractivity contribution < 1.29 is 13.9 Å². The van der Waals surface area contributed by atoms with Gasteiger partial charge in [0.1, 0.15) is 11.3 Å². The predicted molar refractivity (Wildman–Crippen MR) is 119 cm³/mol. The van der Waals surface area contributed by atoms with E-state index in [9.17, 15) is 4.79 Å². The highest BCUT2D eigenvalue weighted by atomic mass is 16.5. The SMILES string of the molecule is CCCOc1cccc(C(=O)Nc2ccc3oc(-c4cc(C)cc(C)c4)nc3c2)c1. The number of benzene rings is 3. The van der Waals surface area contributed by atoms with Gasteiger partial charge < -0.3 is 14.5 Å². The molecule has 3 aromatic carbocycles. The minimum Gasteiger partial charge on any atom is -0.494 e. The first kappa shape index (κ1) is 19.7. The van der Waals surface area contributed by atoms with Crippen LogP contribution in [-0.4, -0.2) is 17.5 Å². The second kappa shape index (κ2) is 8.41. The van der Waals surface area contributed by atoms with Crippen LogP contribution in [0.15, 0.2) is 65.1 Å². The fourth-order valence-electron chi connectivity index (χ4n) is 3.38. The van der Waals surface area contributed by atoms with Gasteiger partial charge in [-0.2, -0.15) is 0 Å². The Morgan fingerprint density at radius 1 is 1.03 bits per heavy atom. The van der Waals surface area contributed by atoms with E-state index in [2.05, 4.69) is 30.2 Å². The van der Waals surface area contributed by atoms with Crippen molar-refractivity contribution in [3.8, 4) is 17.2 Å². The number of carbonyl (C=O) groups excluding carboxylic acids is 1. The number of ether oxygens (including phenoxy) is 1. The first-order valence-corrected chi connectivity index (χ1v) is 10.1. The number of fused-ring (bicyclic) bond motifs is 1. The minimum absolute atomic E-state index is 0.200. The summed E-state index contributed by atoms with van der Waals surface area (Å²) in [5, 5.41) is 2.92. The number of carbonyl (C=O) groups is 1. The lowest BCUT2D eigenvalue weighted by Gasteiger charge is -2.08. The van der Waals surface area contributed by atoms with E-state index in [0.717, 1.165) is 23.1 Å². The van der Waals surface area contributed by atoms with Gasteiger partial charge in [0.2, 0.25) is 5.89 Å². The van der Waals surface area contributed by atoms with Gasteiger partial charge in [-0.05, 0) is 68.8 Å². The van der Waals surface area contributed by atoms with Crippen LogP contribution in [0.5, 0.6) is 5.75 Å². The topological polar surface area (TPSA) is 64.4 Å². The quantitative estimate of drug-likeness (QED) is 0.421. The first-order valence-electron chi connectivity index (χ1n) is 10.1. The maximum atomic E-state index is 12.7. The largest absolute Gasteiger partial charge is 0.494 e. The maximum absolute atomic E-state index is 12.7. The Balaban J connectivity index is 1.56. The molecule has 5 heteroatoms. The van der Waals surface area contributed by atoms with Crippen LogP contribution in [0.25, 0.3) is 22.6 Å². The second-order valence-electron chi connectivity index (χ2n) is 7.41. The van der Waals surface area contributed by atoms with Gasteiger partial charge >= 0.3 is 0 Å². The van der Waals surface area contributed by atoms with Gasteiger partial charge in [-0.3, -0.25) is 4.79 Å². The molecule has 0 aliphatic heterocycles. The molecule has 30 heavy (non-hydrogen) atoms. The van der Waals surface area contributed by atoms with E-state index < -0.39 is 0 Å². The molecule has 4 rings (SSSR count). The lowest BCUT2D eigenvalue weighted by Crippen LogP contribution is -2.12. The first-order chi connectivity index (χ1) is 14.5. The molecule has 0 saturated heterocycles. The van der Waals surface area contributed by atoms with E-state index in [4.69, 9.17) is 9.15 Å². The molecule has 0 spiro atoms. The number of nitrogens with one attached hydrogen (secondary N) is 1. The third kappa shape index (κ3) is 4.35. The monoisotopic (exact) mass is 400 g/mol. The molecule has 1 aromatic heterocycles. The molecule has 0 atom stereocenters. The Morgan fingerprint density at radius 2 is 1.83 bits per heavy atom. The Labute approximate surface area is 175 Å². The summed E-state index contributed by atoms with van der Waals surface area (Å²) < 4.78 is 11.5. The lowest BCUT2D eigenvalue weighted by atomic mass is 10.1. The van der Waals surface area contributed by atoms with Crippen molar-refractivity contribution in [1.82, 2.24) is 4.98 Å². The Bertz CT molecular complexity index is 1190. The average Bonchev–Trinajstić information content (AvgIpc) is 3.15. The van der Waals surface area contributed by atoms with Crippen LogP contribution in [0.2, 0.25) is 0 Å². The fourth-order valence-corrected chi connectivity index (χ4v) is 3.38. The van der Waals surface area contributed by atoms with Crippen molar-refractivity contribution in [1.29, 1.82) is 0 Å². The van der Waals surface area contributed by atoms with Crippen molar-refractivity contribution in [3.05, 3.63) is 77.4 Å². The summed E-state index contributed by atoms with van der Waals surface area (Å²) in [6.07, 6.45) is 0.915. The Kier molecular flexibility index (Phi) is 5.53. The Hall–Kier alpha value is -3.60. The van der Waals surface area contributed by atoms with Gasteiger partial charge in [0.05, 0.1) is 6.61 Å². The highest BCUT2D eigenvalue weighted by Gasteiger charge is 2.12. The molecule has 0 aliphatic rings. The molecule has 152 valence electrons. The molecular formula is C25H24N2O3. The number of anilines is 1. The molecule has 1 N–H and O–H groups in total. The van der Waals surface area contributed by atoms with E-state index >= 15 is 0 Å². The number of aryl methyl sites for hydroxylation is 2. The Morgan fingerprint density at radius 3 is 2.60 bits per heavy atom. The van der Waals surface area contributed by atoms with Gasteiger partial charge in [0.25, 0.3) is 5.91 Å². The van der Waals surface area contributed by atoms with Crippen LogP contribution < -0.4 is 10.1 Å². The molecule has 0 saturated carbocycles. The molecule has 0 radical (unpaired) electrons. The van der Waals surface area contributed by atoms with Gasteiger partial charge in [-0.25, -0.2) is 4.98 Å². The molecule has 5 nitrogen and oxygen atoms in total. The van der Waals surface area contributed by atoms with Crippen LogP contribution in [0.1, 0.15) is 34.8 Å². The summed E-state index contributed by atoms with van der Waals surface area (Å²) in [6, 6.07) is 18.8. The zero-order valence-electron chi connectivity index (χ0n) is 17.4. The van der Waals surface area contributed by atoms with Crippen molar-refractivity contribution >= 4 is 22.7 Å². The van der Waals surface area contributed by atoms with E-state index in [1.807, 2.05) is 49.4 Å². The third-order valence-electron chi connectivity index (χ3n) is 4.68. The normalized spacial score (nSPS) is 10.9. The van der Waals surface area contributed by atoms with Crippen molar-refractivity contribution in [2.45, 2.75) is 27.2 Å². The molecule has 4 aromatic rings. The van der Waals surface area contributed by atoms with E-state index in [1.54, 1.807) is 12.1 Å². The van der Waals surface area contributed by atoms with E-state index in [-0.39, 0.29) is 5.91 Å². The van der Waals surface area contributed by atoms with Crippen molar-refractivity contribution in [2.24, 2.45) is 0 Å². The number of aromatic nitrogens is 1. The molecule has 1 amide bonds. The number of nitrogens with zero attached hydrogens (tertiary/aromatic N) is 1. The smallest absolute Gasteiger partial charge is 0.255 e. The average molecular weight is 400 g/mol. The standard InChI is InChI=1S/C25H24N2O3/c1-4-10-29-21-7-5-6-18(14-21)24(28)26-20-8-9-23-22(15-20)27-25(30-23)19-12-16(2)11-17(3)13-19/h5-9,11-15H,4,10H2,1-3H3,(H,26,28). The minimum atomic E-state index is -0.200. The molecule has 0 aliphatic carbocycles. The molecular weight excluding hydrogens is 376 g/mol. The second-order valence-corrected chi connectivity index (χ2v) is 7.41. The summed E-state index contributed by atoms with van der Waals surface area (Å²) in [7, 11) is 0. The van der Waals surface area contributed by atoms with Crippen LogP contribution in [-0.2, 0) is 0 Å². The summed E-state index contributed by atoms with van der Waals surface area (Å²) in [6.45, 7) is 6.77. The summed E-state index contributed by atoms with van der Waals surface area (Å²) >= 11 is 0. The molecule has 1 heterocycles. The zero-order chi connectivity index (χ0) is 21.1. The van der Waals surface area contributed by atoms with Crippen LogP contribution in [0.4, 0.5) is 5.69 Å². The zero-order valence-corrected chi connectivity index (χ0v) is 17.4. The number of hydrogen-bond donors (Lipinski definition) is 1. The van der Waals surface area contributed by atoms with Gasteiger partial charge in [-0.15, -0.1) is 0 Å². The van der Waals surface area contributed by atoms with Crippen LogP contribution in [0.3, 0.4) is 0 Å². The number of rotatable bonds is 6.